The van der Waals surface area contributed by atoms with E-state index < -0.39 is 0 Å². The van der Waals surface area contributed by atoms with E-state index in [1.165, 1.54) is 0 Å². The third kappa shape index (κ3) is 2.11. The second-order valence-corrected chi connectivity index (χ2v) is 4.23. The Balaban J connectivity index is 2.64. The maximum atomic E-state index is 11.8. The lowest BCUT2D eigenvalue weighted by atomic mass is 10.1. The van der Waals surface area contributed by atoms with E-state index >= 15 is 0 Å². The smallest absolute Gasteiger partial charge is 0.255 e. The molecule has 0 spiro atoms. The highest BCUT2D eigenvalue weighted by Crippen LogP contribution is 2.21. The number of carbonyl (C=O) groups is 1. The van der Waals surface area contributed by atoms with E-state index in [4.69, 9.17) is 5.73 Å². The summed E-state index contributed by atoms with van der Waals surface area (Å²) in [4.78, 5) is 20.4. The molecule has 0 aliphatic rings. The van der Waals surface area contributed by atoms with Crippen LogP contribution < -0.4 is 11.1 Å². The van der Waals surface area contributed by atoms with Gasteiger partial charge in [0.2, 0.25) is 0 Å². The lowest BCUT2D eigenvalue weighted by Crippen LogP contribution is -2.24. The van der Waals surface area contributed by atoms with Crippen LogP contribution in [0.3, 0.4) is 0 Å². The monoisotopic (exact) mass is 244 g/mol. The van der Waals surface area contributed by atoms with Crippen LogP contribution in [0.15, 0.2) is 12.1 Å². The number of aromatic nitrogens is 2. The van der Waals surface area contributed by atoms with Gasteiger partial charge in [0.05, 0.1) is 5.56 Å². The molecule has 5 heteroatoms. The number of fused-ring (bicyclic) bond motifs is 1. The Labute approximate surface area is 105 Å². The lowest BCUT2D eigenvalue weighted by Gasteiger charge is -2.08. The minimum Gasteiger partial charge on any atom is -0.383 e. The van der Waals surface area contributed by atoms with Gasteiger partial charge in [0, 0.05) is 17.6 Å². The molecule has 0 saturated carbocycles. The minimum absolute atomic E-state index is 0.204. The lowest BCUT2D eigenvalue weighted by molar-refractivity contribution is 0.0956. The fourth-order valence-corrected chi connectivity index (χ4v) is 1.92. The van der Waals surface area contributed by atoms with Crippen molar-refractivity contribution in [3.8, 4) is 0 Å². The van der Waals surface area contributed by atoms with Gasteiger partial charge in [-0.3, -0.25) is 4.79 Å². The second-order valence-electron chi connectivity index (χ2n) is 4.23. The third-order valence-electron chi connectivity index (χ3n) is 2.75. The summed E-state index contributed by atoms with van der Waals surface area (Å²) in [5.41, 5.74) is 8.71. The van der Waals surface area contributed by atoms with E-state index in [9.17, 15) is 4.79 Å². The van der Waals surface area contributed by atoms with Gasteiger partial charge in [0.25, 0.3) is 5.91 Å². The van der Waals surface area contributed by atoms with E-state index in [2.05, 4.69) is 15.3 Å². The van der Waals surface area contributed by atoms with Crippen LogP contribution in [0.25, 0.3) is 11.0 Å². The Kier molecular flexibility index (Phi) is 3.14. The first-order valence-corrected chi connectivity index (χ1v) is 5.85. The Morgan fingerprint density at radius 3 is 2.72 bits per heavy atom. The molecule has 18 heavy (non-hydrogen) atoms. The van der Waals surface area contributed by atoms with Crippen molar-refractivity contribution in [2.24, 2.45) is 0 Å². The van der Waals surface area contributed by atoms with Crippen LogP contribution in [-0.2, 0) is 0 Å². The van der Waals surface area contributed by atoms with Crippen molar-refractivity contribution < 1.29 is 4.79 Å². The highest BCUT2D eigenvalue weighted by molar-refractivity contribution is 6.01. The van der Waals surface area contributed by atoms with Crippen LogP contribution in [0.4, 0.5) is 5.82 Å². The first-order valence-electron chi connectivity index (χ1n) is 5.85. The van der Waals surface area contributed by atoms with E-state index in [0.717, 1.165) is 16.6 Å². The number of nitrogens with one attached hydrogen (secondary N) is 1. The highest BCUT2D eigenvalue weighted by atomic mass is 16.1. The standard InChI is InChI=1S/C13H16N4O/c1-4-15-13(18)10-6-9-7(2)5-8(3)16-12(9)17-11(10)14/h5-6H,4H2,1-3H3,(H,15,18)(H2,14,16,17). The summed E-state index contributed by atoms with van der Waals surface area (Å²) in [6.07, 6.45) is 0. The zero-order valence-electron chi connectivity index (χ0n) is 10.7. The van der Waals surface area contributed by atoms with Crippen LogP contribution >= 0.6 is 0 Å². The molecule has 0 saturated heterocycles. The average Bonchev–Trinajstić information content (AvgIpc) is 2.27. The Morgan fingerprint density at radius 1 is 1.33 bits per heavy atom. The number of hydrogen-bond donors (Lipinski definition) is 2. The molecule has 2 rings (SSSR count). The van der Waals surface area contributed by atoms with Crippen molar-refractivity contribution >= 4 is 22.8 Å². The number of rotatable bonds is 2. The second kappa shape index (κ2) is 4.60. The molecule has 1 amide bonds. The minimum atomic E-state index is -0.204. The maximum Gasteiger partial charge on any atom is 0.255 e. The summed E-state index contributed by atoms with van der Waals surface area (Å²) in [6, 6.07) is 3.71. The Hall–Kier alpha value is -2.17. The van der Waals surface area contributed by atoms with Crippen molar-refractivity contribution in [3.63, 3.8) is 0 Å². The molecule has 0 atom stereocenters. The number of carbonyl (C=O) groups excluding carboxylic acids is 1. The third-order valence-corrected chi connectivity index (χ3v) is 2.75. The summed E-state index contributed by atoms with van der Waals surface area (Å²) in [6.45, 7) is 6.29. The molecule has 0 aromatic carbocycles. The van der Waals surface area contributed by atoms with Gasteiger partial charge in [-0.2, -0.15) is 0 Å². The quantitative estimate of drug-likeness (QED) is 0.840. The predicted molar refractivity (Wildman–Crippen MR) is 71.4 cm³/mol. The first kappa shape index (κ1) is 12.3. The van der Waals surface area contributed by atoms with Crippen LogP contribution in [0, 0.1) is 13.8 Å². The zero-order valence-corrected chi connectivity index (χ0v) is 10.7. The molecular weight excluding hydrogens is 228 g/mol. The molecule has 2 aromatic rings. The Bertz CT molecular complexity index is 622. The predicted octanol–water partition coefficient (Wildman–Crippen LogP) is 1.58. The van der Waals surface area contributed by atoms with Gasteiger partial charge in [-0.05, 0) is 38.5 Å². The van der Waals surface area contributed by atoms with E-state index in [1.807, 2.05) is 26.8 Å². The van der Waals surface area contributed by atoms with Gasteiger partial charge >= 0.3 is 0 Å². The van der Waals surface area contributed by atoms with Crippen LogP contribution in [0.1, 0.15) is 28.5 Å². The number of nitrogens with zero attached hydrogens (tertiary/aromatic N) is 2. The number of aryl methyl sites for hydroxylation is 2. The summed E-state index contributed by atoms with van der Waals surface area (Å²) in [7, 11) is 0. The van der Waals surface area contributed by atoms with Gasteiger partial charge in [-0.1, -0.05) is 0 Å². The fraction of sp³-hybridized carbons (Fsp3) is 0.308. The number of nitrogen functional groups attached to an aromatic ring is 1. The molecule has 0 aliphatic carbocycles. The molecule has 0 radical (unpaired) electrons. The topological polar surface area (TPSA) is 80.9 Å². The van der Waals surface area contributed by atoms with Gasteiger partial charge < -0.3 is 11.1 Å². The normalized spacial score (nSPS) is 10.6. The van der Waals surface area contributed by atoms with Crippen molar-refractivity contribution in [3.05, 3.63) is 29.0 Å². The molecule has 94 valence electrons. The number of anilines is 1. The Morgan fingerprint density at radius 2 is 2.06 bits per heavy atom. The summed E-state index contributed by atoms with van der Waals surface area (Å²) < 4.78 is 0. The molecule has 0 bridgehead atoms. The van der Waals surface area contributed by atoms with Crippen LogP contribution in [-0.4, -0.2) is 22.4 Å². The number of amides is 1. The van der Waals surface area contributed by atoms with E-state index in [1.54, 1.807) is 6.07 Å². The van der Waals surface area contributed by atoms with Gasteiger partial charge in [-0.25, -0.2) is 9.97 Å². The average molecular weight is 244 g/mol. The van der Waals surface area contributed by atoms with Gasteiger partial charge in [0.1, 0.15) is 5.82 Å². The van der Waals surface area contributed by atoms with Crippen molar-refractivity contribution in [2.45, 2.75) is 20.8 Å². The molecule has 0 fully saturated rings. The van der Waals surface area contributed by atoms with Crippen LogP contribution in [0.5, 0.6) is 0 Å². The van der Waals surface area contributed by atoms with Gasteiger partial charge in [0.15, 0.2) is 5.65 Å². The molecular formula is C13H16N4O. The SMILES string of the molecule is CCNC(=O)c1cc2c(C)cc(C)nc2nc1N. The molecule has 3 N–H and O–H groups in total. The molecule has 0 aliphatic heterocycles. The fourth-order valence-electron chi connectivity index (χ4n) is 1.92. The summed E-state index contributed by atoms with van der Waals surface area (Å²) >= 11 is 0. The maximum absolute atomic E-state index is 11.8. The molecule has 0 unspecified atom stereocenters. The number of hydrogen-bond acceptors (Lipinski definition) is 4. The largest absolute Gasteiger partial charge is 0.383 e. The van der Waals surface area contributed by atoms with Gasteiger partial charge in [-0.15, -0.1) is 0 Å². The number of nitrogens with two attached hydrogens (primary N) is 1. The molecule has 2 aromatic heterocycles. The van der Waals surface area contributed by atoms with Crippen LogP contribution in [0.2, 0.25) is 0 Å². The van der Waals surface area contributed by atoms with E-state index in [0.29, 0.717) is 17.8 Å². The summed E-state index contributed by atoms with van der Waals surface area (Å²) in [5.74, 6) is 0.00956. The van der Waals surface area contributed by atoms with Crippen molar-refractivity contribution in [1.82, 2.24) is 15.3 Å². The van der Waals surface area contributed by atoms with Crippen molar-refractivity contribution in [2.75, 3.05) is 12.3 Å². The van der Waals surface area contributed by atoms with Crippen molar-refractivity contribution in [1.29, 1.82) is 0 Å². The highest BCUT2D eigenvalue weighted by Gasteiger charge is 2.13. The summed E-state index contributed by atoms with van der Waals surface area (Å²) in [5, 5.41) is 3.58. The number of pyridine rings is 2. The van der Waals surface area contributed by atoms with E-state index in [-0.39, 0.29) is 11.7 Å². The zero-order chi connectivity index (χ0) is 13.3. The molecule has 2 heterocycles. The molecule has 5 nitrogen and oxygen atoms in total. The first-order chi connectivity index (χ1) is 8.52.